The average Bonchev–Trinajstić information content (AvgIpc) is 2.65. The van der Waals surface area contributed by atoms with Gasteiger partial charge in [0.25, 0.3) is 0 Å². The second-order valence-electron chi connectivity index (χ2n) is 5.70. The molecule has 0 aromatic carbocycles. The molecule has 0 amide bonds. The van der Waals surface area contributed by atoms with Crippen LogP contribution < -0.4 is 0 Å². The van der Waals surface area contributed by atoms with E-state index in [0.29, 0.717) is 0 Å². The molecule has 0 aliphatic carbocycles. The Morgan fingerprint density at radius 2 is 1.95 bits per heavy atom. The number of ether oxygens (including phenoxy) is 1. The van der Waals surface area contributed by atoms with Crippen LogP contribution in [-0.2, 0) is 13.8 Å². The van der Waals surface area contributed by atoms with Gasteiger partial charge in [-0.2, -0.15) is 0 Å². The summed E-state index contributed by atoms with van der Waals surface area (Å²) in [6, 6.07) is -1.40. The van der Waals surface area contributed by atoms with Gasteiger partial charge < -0.3 is 19.8 Å². The molecular weight excluding hydrogens is 320 g/mol. The SMILES string of the molecule is [B][C@@H]1O[C@H](CC(F)(CC)OP(=O)(O)C(C)(O)CC)[C@@H](O)[C@H]1F. The fourth-order valence-corrected chi connectivity index (χ4v) is 3.24. The molecule has 10 heteroatoms. The third-order valence-corrected chi connectivity index (χ3v) is 6.06. The highest BCUT2D eigenvalue weighted by Crippen LogP contribution is 2.59. The number of hydrogen-bond donors (Lipinski definition) is 3. The minimum absolute atomic E-state index is 0.138. The molecule has 1 fully saturated rings. The first-order valence-electron chi connectivity index (χ1n) is 7.07. The van der Waals surface area contributed by atoms with Gasteiger partial charge in [-0.05, 0) is 13.3 Å². The molecule has 3 unspecified atom stereocenters. The van der Waals surface area contributed by atoms with Crippen LogP contribution in [0.2, 0.25) is 0 Å². The van der Waals surface area contributed by atoms with Gasteiger partial charge in [0, 0.05) is 12.8 Å². The predicted molar refractivity (Wildman–Crippen MR) is 75.9 cm³/mol. The van der Waals surface area contributed by atoms with E-state index in [1.165, 1.54) is 13.8 Å². The summed E-state index contributed by atoms with van der Waals surface area (Å²) in [7, 11) is 0.551. The van der Waals surface area contributed by atoms with Crippen molar-refractivity contribution in [2.45, 2.75) is 75.6 Å². The largest absolute Gasteiger partial charge is 0.387 e. The van der Waals surface area contributed by atoms with E-state index >= 15 is 0 Å². The van der Waals surface area contributed by atoms with Crippen LogP contribution in [-0.4, -0.2) is 58.5 Å². The second kappa shape index (κ2) is 6.83. The van der Waals surface area contributed by atoms with Crippen molar-refractivity contribution in [1.29, 1.82) is 0 Å². The smallest absolute Gasteiger partial charge is 0.361 e. The van der Waals surface area contributed by atoms with Crippen LogP contribution in [0.3, 0.4) is 0 Å². The Hall–Kier alpha value is -0.0451. The summed E-state index contributed by atoms with van der Waals surface area (Å²) in [6.07, 6.45) is -6.06. The minimum Gasteiger partial charge on any atom is -0.387 e. The van der Waals surface area contributed by atoms with Crippen LogP contribution in [0.25, 0.3) is 0 Å². The van der Waals surface area contributed by atoms with Crippen molar-refractivity contribution >= 4 is 15.4 Å². The first-order valence-corrected chi connectivity index (χ1v) is 8.65. The first kappa shape index (κ1) is 20.0. The van der Waals surface area contributed by atoms with Crippen LogP contribution in [0.1, 0.15) is 40.0 Å². The maximum atomic E-state index is 14.7. The van der Waals surface area contributed by atoms with Gasteiger partial charge in [-0.15, -0.1) is 0 Å². The van der Waals surface area contributed by atoms with Gasteiger partial charge in [0.2, 0.25) is 5.85 Å². The molecule has 0 aromatic heterocycles. The van der Waals surface area contributed by atoms with Crippen LogP contribution in [0.5, 0.6) is 0 Å². The fraction of sp³-hybridized carbons (Fsp3) is 1.00. The highest BCUT2D eigenvalue weighted by Gasteiger charge is 2.51. The van der Waals surface area contributed by atoms with Crippen molar-refractivity contribution in [3.05, 3.63) is 0 Å². The van der Waals surface area contributed by atoms with Crippen LogP contribution in [0.4, 0.5) is 8.78 Å². The quantitative estimate of drug-likeness (QED) is 0.478. The van der Waals surface area contributed by atoms with E-state index in [0.717, 1.165) is 6.92 Å². The number of aliphatic hydroxyl groups excluding tert-OH is 1. The molecule has 0 aromatic rings. The van der Waals surface area contributed by atoms with E-state index < -0.39 is 49.6 Å². The van der Waals surface area contributed by atoms with Gasteiger partial charge in [-0.3, -0.25) is 9.09 Å². The van der Waals surface area contributed by atoms with Crippen molar-refractivity contribution < 1.29 is 37.7 Å². The lowest BCUT2D eigenvalue weighted by molar-refractivity contribution is -0.124. The fourth-order valence-electron chi connectivity index (χ4n) is 1.99. The molecule has 6 nitrogen and oxygen atoms in total. The molecule has 0 spiro atoms. The van der Waals surface area contributed by atoms with Crippen molar-refractivity contribution in [1.82, 2.24) is 0 Å². The summed E-state index contributed by atoms with van der Waals surface area (Å²) in [5.74, 6) is -2.68. The van der Waals surface area contributed by atoms with Crippen LogP contribution >= 0.6 is 7.60 Å². The Balaban J connectivity index is 2.87. The summed E-state index contributed by atoms with van der Waals surface area (Å²) in [5, 5.41) is 17.3. The number of halogens is 2. The number of hydrogen-bond acceptors (Lipinski definition) is 5. The van der Waals surface area contributed by atoms with E-state index in [9.17, 15) is 28.5 Å². The van der Waals surface area contributed by atoms with Crippen molar-refractivity contribution in [3.63, 3.8) is 0 Å². The molecule has 1 saturated heterocycles. The van der Waals surface area contributed by atoms with Crippen molar-refractivity contribution in [3.8, 4) is 0 Å². The standard InChI is InChI=1S/C12H22BF2O6P/c1-4-11(3,17)22(18,19)21-12(15,5-2)6-7-9(16)8(14)10(13)20-7/h7-10,16-17H,4-6H2,1-3H3,(H,18,19)/t7-,8-,9-,10-,11?,12?/m1/s1. The Morgan fingerprint density at radius 1 is 1.41 bits per heavy atom. The third kappa shape index (κ3) is 4.07. The molecular formula is C12H22BF2O6P. The maximum absolute atomic E-state index is 14.7. The summed E-state index contributed by atoms with van der Waals surface area (Å²) in [5.41, 5.74) is 0. The van der Waals surface area contributed by atoms with Gasteiger partial charge in [0.05, 0.1) is 12.1 Å². The maximum Gasteiger partial charge on any atom is 0.361 e. The van der Waals surface area contributed by atoms with Gasteiger partial charge in [-0.1, -0.05) is 13.8 Å². The van der Waals surface area contributed by atoms with Crippen LogP contribution in [0.15, 0.2) is 0 Å². The average molecular weight is 342 g/mol. The zero-order valence-corrected chi connectivity index (χ0v) is 13.7. The molecule has 7 atom stereocenters. The van der Waals surface area contributed by atoms with E-state index in [1.807, 2.05) is 0 Å². The number of rotatable bonds is 7. The second-order valence-corrected chi connectivity index (χ2v) is 7.88. The molecule has 1 heterocycles. The van der Waals surface area contributed by atoms with Crippen molar-refractivity contribution in [2.24, 2.45) is 0 Å². The molecule has 128 valence electrons. The van der Waals surface area contributed by atoms with Crippen LogP contribution in [0, 0.1) is 0 Å². The monoisotopic (exact) mass is 342 g/mol. The van der Waals surface area contributed by atoms with E-state index in [1.54, 1.807) is 0 Å². The first-order chi connectivity index (χ1) is 9.89. The Morgan fingerprint density at radius 3 is 2.32 bits per heavy atom. The van der Waals surface area contributed by atoms with E-state index in [4.69, 9.17) is 12.6 Å². The molecule has 0 bridgehead atoms. The lowest BCUT2D eigenvalue weighted by Crippen LogP contribution is -2.38. The molecule has 1 aliphatic rings. The molecule has 3 N–H and O–H groups in total. The lowest BCUT2D eigenvalue weighted by Gasteiger charge is -2.34. The number of alkyl halides is 2. The molecule has 1 aliphatic heterocycles. The van der Waals surface area contributed by atoms with Crippen molar-refractivity contribution in [2.75, 3.05) is 0 Å². The highest BCUT2D eigenvalue weighted by molar-refractivity contribution is 7.54. The van der Waals surface area contributed by atoms with E-state index in [2.05, 4.69) is 4.52 Å². The Kier molecular flexibility index (Phi) is 6.21. The highest BCUT2D eigenvalue weighted by atomic mass is 31.2. The summed E-state index contributed by atoms with van der Waals surface area (Å²) < 4.78 is 49.8. The molecule has 22 heavy (non-hydrogen) atoms. The zero-order chi connectivity index (χ0) is 17.3. The van der Waals surface area contributed by atoms with Gasteiger partial charge in [0.1, 0.15) is 20.1 Å². The third-order valence-electron chi connectivity index (χ3n) is 3.95. The summed E-state index contributed by atoms with van der Waals surface area (Å²) in [4.78, 5) is 9.79. The minimum atomic E-state index is -4.72. The van der Waals surface area contributed by atoms with Gasteiger partial charge in [0.15, 0.2) is 5.34 Å². The normalized spacial score (nSPS) is 37.3. The lowest BCUT2D eigenvalue weighted by atomic mass is 9.93. The molecule has 2 radical (unpaired) electrons. The Labute approximate surface area is 129 Å². The Bertz CT molecular complexity index is 440. The van der Waals surface area contributed by atoms with Gasteiger partial charge in [-0.25, -0.2) is 8.78 Å². The van der Waals surface area contributed by atoms with E-state index in [-0.39, 0.29) is 12.8 Å². The topological polar surface area (TPSA) is 96.2 Å². The predicted octanol–water partition coefficient (Wildman–Crippen LogP) is 1.37. The summed E-state index contributed by atoms with van der Waals surface area (Å²) in [6.45, 7) is 3.84. The summed E-state index contributed by atoms with van der Waals surface area (Å²) >= 11 is 0. The zero-order valence-electron chi connectivity index (χ0n) is 12.8. The molecule has 1 rings (SSSR count). The molecule has 0 saturated carbocycles. The number of aliphatic hydroxyl groups is 2. The van der Waals surface area contributed by atoms with Gasteiger partial charge >= 0.3 is 7.60 Å².